The minimum atomic E-state index is 0.0266. The summed E-state index contributed by atoms with van der Waals surface area (Å²) < 4.78 is 12.5. The van der Waals surface area contributed by atoms with Crippen LogP contribution in [0.1, 0.15) is 22.8 Å². The van der Waals surface area contributed by atoms with E-state index < -0.39 is 0 Å². The Morgan fingerprint density at radius 2 is 2.27 bits per heavy atom. The molecule has 0 unspecified atom stereocenters. The standard InChI is InChI=1S/C17H14N4O3S2/c1-21-16(22)13-9-4-2-6-11(9)26-15(13)18-17(21)25-8-12-19-20-14(24-12)10-5-3-7-23-10/h3,5,7H,2,4,6,8H2,1H3. The van der Waals surface area contributed by atoms with Gasteiger partial charge >= 0.3 is 0 Å². The fourth-order valence-corrected chi connectivity index (χ4v) is 5.28. The number of thioether (sulfide) groups is 1. The first-order valence-corrected chi connectivity index (χ1v) is 10.0. The maximum Gasteiger partial charge on any atom is 0.283 e. The van der Waals surface area contributed by atoms with Crippen LogP contribution in [-0.2, 0) is 25.6 Å². The number of fused-ring (bicyclic) bond motifs is 3. The van der Waals surface area contributed by atoms with Crippen LogP contribution < -0.4 is 5.56 Å². The van der Waals surface area contributed by atoms with Crippen LogP contribution in [0.5, 0.6) is 0 Å². The number of hydrogen-bond donors (Lipinski definition) is 0. The average molecular weight is 386 g/mol. The Bertz CT molecular complexity index is 1160. The maximum absolute atomic E-state index is 12.8. The number of hydrogen-bond acceptors (Lipinski definition) is 8. The molecule has 0 N–H and O–H groups in total. The van der Waals surface area contributed by atoms with Crippen molar-refractivity contribution in [2.75, 3.05) is 0 Å². The zero-order chi connectivity index (χ0) is 17.7. The lowest BCUT2D eigenvalue weighted by molar-refractivity contribution is 0.494. The van der Waals surface area contributed by atoms with E-state index in [2.05, 4.69) is 10.2 Å². The summed E-state index contributed by atoms with van der Waals surface area (Å²) in [6.45, 7) is 0. The molecule has 0 saturated heterocycles. The van der Waals surface area contributed by atoms with Crippen LogP contribution in [0.4, 0.5) is 0 Å². The van der Waals surface area contributed by atoms with E-state index >= 15 is 0 Å². The fraction of sp³-hybridized carbons (Fsp3) is 0.294. The molecule has 1 aliphatic rings. The van der Waals surface area contributed by atoms with Crippen LogP contribution in [0.25, 0.3) is 21.9 Å². The SMILES string of the molecule is Cn1c(SCc2nnc(-c3ccco3)o2)nc2sc3c(c2c1=O)CCC3. The molecule has 0 saturated carbocycles. The van der Waals surface area contributed by atoms with Crippen LogP contribution in [0.3, 0.4) is 0 Å². The minimum absolute atomic E-state index is 0.0266. The van der Waals surface area contributed by atoms with Gasteiger partial charge in [0, 0.05) is 11.9 Å². The summed E-state index contributed by atoms with van der Waals surface area (Å²) in [7, 11) is 1.76. The predicted molar refractivity (Wildman–Crippen MR) is 98.4 cm³/mol. The van der Waals surface area contributed by atoms with E-state index in [1.165, 1.54) is 22.2 Å². The van der Waals surface area contributed by atoms with Gasteiger partial charge in [-0.05, 0) is 37.0 Å². The normalized spacial score (nSPS) is 13.6. The van der Waals surface area contributed by atoms with Crippen molar-refractivity contribution in [1.29, 1.82) is 0 Å². The van der Waals surface area contributed by atoms with E-state index in [4.69, 9.17) is 13.8 Å². The summed E-state index contributed by atoms with van der Waals surface area (Å²) in [5.41, 5.74) is 1.23. The van der Waals surface area contributed by atoms with Crippen LogP contribution in [0.2, 0.25) is 0 Å². The summed E-state index contributed by atoms with van der Waals surface area (Å²) in [6.07, 6.45) is 4.73. The highest BCUT2D eigenvalue weighted by molar-refractivity contribution is 7.98. The highest BCUT2D eigenvalue weighted by Gasteiger charge is 2.22. The minimum Gasteiger partial charge on any atom is -0.459 e. The second-order valence-electron chi connectivity index (χ2n) is 6.06. The molecule has 7 nitrogen and oxygen atoms in total. The summed E-state index contributed by atoms with van der Waals surface area (Å²) in [4.78, 5) is 19.6. The number of aryl methyl sites for hydroxylation is 2. The molecule has 5 rings (SSSR count). The van der Waals surface area contributed by atoms with Crippen molar-refractivity contribution in [2.24, 2.45) is 7.05 Å². The first-order chi connectivity index (χ1) is 12.7. The third-order valence-corrected chi connectivity index (χ3v) is 6.63. The Kier molecular flexibility index (Phi) is 3.71. The molecule has 0 bridgehead atoms. The fourth-order valence-electron chi connectivity index (χ4n) is 3.17. The second kappa shape index (κ2) is 6.10. The molecule has 0 atom stereocenters. The molecule has 4 aromatic rings. The smallest absolute Gasteiger partial charge is 0.283 e. The van der Waals surface area contributed by atoms with Crippen molar-refractivity contribution in [3.05, 3.63) is 45.1 Å². The molecule has 0 amide bonds. The molecule has 9 heteroatoms. The Labute approximate surface area is 156 Å². The molecule has 132 valence electrons. The molecule has 26 heavy (non-hydrogen) atoms. The number of rotatable bonds is 4. The van der Waals surface area contributed by atoms with Gasteiger partial charge in [-0.1, -0.05) is 11.8 Å². The lowest BCUT2D eigenvalue weighted by Gasteiger charge is -2.06. The van der Waals surface area contributed by atoms with Gasteiger partial charge in [0.25, 0.3) is 11.4 Å². The second-order valence-corrected chi connectivity index (χ2v) is 8.09. The van der Waals surface area contributed by atoms with E-state index in [1.807, 2.05) is 0 Å². The lowest BCUT2D eigenvalue weighted by atomic mass is 10.2. The van der Waals surface area contributed by atoms with Gasteiger partial charge in [-0.3, -0.25) is 9.36 Å². The number of nitrogens with zero attached hydrogens (tertiary/aromatic N) is 4. The molecule has 4 heterocycles. The van der Waals surface area contributed by atoms with Gasteiger partial charge in [-0.25, -0.2) is 4.98 Å². The Morgan fingerprint density at radius 1 is 1.35 bits per heavy atom. The van der Waals surface area contributed by atoms with Gasteiger partial charge in [-0.2, -0.15) is 0 Å². The topological polar surface area (TPSA) is 86.9 Å². The van der Waals surface area contributed by atoms with Crippen molar-refractivity contribution in [3.63, 3.8) is 0 Å². The summed E-state index contributed by atoms with van der Waals surface area (Å²) in [6, 6.07) is 3.53. The highest BCUT2D eigenvalue weighted by Crippen LogP contribution is 2.35. The van der Waals surface area contributed by atoms with Crippen molar-refractivity contribution >= 4 is 33.3 Å². The summed E-state index contributed by atoms with van der Waals surface area (Å²) >= 11 is 3.06. The van der Waals surface area contributed by atoms with Crippen molar-refractivity contribution in [1.82, 2.24) is 19.7 Å². The Morgan fingerprint density at radius 3 is 3.12 bits per heavy atom. The summed E-state index contributed by atoms with van der Waals surface area (Å²) in [5.74, 6) is 1.78. The number of furan rings is 1. The van der Waals surface area contributed by atoms with Gasteiger partial charge in [0.1, 0.15) is 4.83 Å². The zero-order valence-electron chi connectivity index (χ0n) is 13.9. The van der Waals surface area contributed by atoms with Crippen molar-refractivity contribution < 1.29 is 8.83 Å². The Hall–Kier alpha value is -2.39. The molecule has 4 aromatic heterocycles. The van der Waals surface area contributed by atoms with Gasteiger partial charge < -0.3 is 8.83 Å². The number of thiophene rings is 1. The maximum atomic E-state index is 12.8. The molecular formula is C17H14N4O3S2. The van der Waals surface area contributed by atoms with Gasteiger partial charge in [-0.15, -0.1) is 21.5 Å². The van der Waals surface area contributed by atoms with Crippen LogP contribution in [0, 0.1) is 0 Å². The highest BCUT2D eigenvalue weighted by atomic mass is 32.2. The van der Waals surface area contributed by atoms with Crippen LogP contribution in [-0.4, -0.2) is 19.7 Å². The van der Waals surface area contributed by atoms with E-state index in [-0.39, 0.29) is 5.56 Å². The molecule has 0 aromatic carbocycles. The first-order valence-electron chi connectivity index (χ1n) is 8.21. The summed E-state index contributed by atoms with van der Waals surface area (Å²) in [5, 5.41) is 9.47. The average Bonchev–Trinajstić information content (AvgIpc) is 3.40. The van der Waals surface area contributed by atoms with Crippen LogP contribution >= 0.6 is 23.1 Å². The lowest BCUT2D eigenvalue weighted by Crippen LogP contribution is -2.20. The predicted octanol–water partition coefficient (Wildman–Crippen LogP) is 3.42. The molecule has 0 radical (unpaired) electrons. The van der Waals surface area contributed by atoms with E-state index in [1.54, 1.807) is 41.3 Å². The van der Waals surface area contributed by atoms with Gasteiger partial charge in [0.15, 0.2) is 10.9 Å². The monoisotopic (exact) mass is 386 g/mol. The van der Waals surface area contributed by atoms with E-state index in [9.17, 15) is 4.79 Å². The van der Waals surface area contributed by atoms with E-state index in [0.717, 1.165) is 29.5 Å². The largest absolute Gasteiger partial charge is 0.459 e. The zero-order valence-corrected chi connectivity index (χ0v) is 15.5. The van der Waals surface area contributed by atoms with Gasteiger partial charge in [0.2, 0.25) is 5.89 Å². The molecule has 0 aliphatic heterocycles. The Balaban J connectivity index is 1.43. The molecule has 1 aliphatic carbocycles. The number of aromatic nitrogens is 4. The molecular weight excluding hydrogens is 372 g/mol. The van der Waals surface area contributed by atoms with Crippen LogP contribution in [0.15, 0.2) is 37.2 Å². The molecule has 0 spiro atoms. The third-order valence-electron chi connectivity index (χ3n) is 4.43. The van der Waals surface area contributed by atoms with Crippen molar-refractivity contribution in [3.8, 4) is 11.7 Å². The van der Waals surface area contributed by atoms with Gasteiger partial charge in [0.05, 0.1) is 17.4 Å². The molecule has 0 fully saturated rings. The third kappa shape index (κ3) is 2.50. The van der Waals surface area contributed by atoms with E-state index in [0.29, 0.717) is 28.5 Å². The quantitative estimate of drug-likeness (QED) is 0.392. The van der Waals surface area contributed by atoms with Crippen molar-refractivity contribution in [2.45, 2.75) is 30.2 Å². The first kappa shape index (κ1) is 15.8.